The van der Waals surface area contributed by atoms with Gasteiger partial charge in [0, 0.05) is 17.7 Å². The van der Waals surface area contributed by atoms with Gasteiger partial charge >= 0.3 is 12.1 Å². The van der Waals surface area contributed by atoms with Crippen molar-refractivity contribution in [3.63, 3.8) is 0 Å². The van der Waals surface area contributed by atoms with E-state index in [1.807, 2.05) is 0 Å². The first kappa shape index (κ1) is 17.4. The summed E-state index contributed by atoms with van der Waals surface area (Å²) < 4.78 is 41.6. The van der Waals surface area contributed by atoms with Crippen molar-refractivity contribution in [2.24, 2.45) is 5.92 Å². The number of aromatic nitrogens is 2. The first-order chi connectivity index (χ1) is 11.9. The van der Waals surface area contributed by atoms with Crippen LogP contribution < -0.4 is 10.6 Å². The van der Waals surface area contributed by atoms with Gasteiger partial charge in [-0.2, -0.15) is 18.2 Å². The number of benzene rings is 1. The monoisotopic (exact) mass is 354 g/mol. The Hall–Kier alpha value is -2.42. The van der Waals surface area contributed by atoms with Gasteiger partial charge in [0.25, 0.3) is 5.91 Å². The van der Waals surface area contributed by atoms with Crippen LogP contribution >= 0.6 is 0 Å². The highest BCUT2D eigenvalue weighted by atomic mass is 19.4. The average molecular weight is 354 g/mol. The fraction of sp³-hybridized carbons (Fsp3) is 0.438. The Morgan fingerprint density at radius 3 is 2.52 bits per heavy atom. The number of hydrogen-bond donors (Lipinski definition) is 2. The van der Waals surface area contributed by atoms with Gasteiger partial charge in [0.1, 0.15) is 0 Å². The topological polar surface area (TPSA) is 80.0 Å². The maximum Gasteiger partial charge on any atom is 0.471 e. The maximum atomic E-state index is 12.5. The van der Waals surface area contributed by atoms with E-state index < -0.39 is 12.1 Å². The molecule has 1 aromatic heterocycles. The van der Waals surface area contributed by atoms with E-state index in [4.69, 9.17) is 0 Å². The van der Waals surface area contributed by atoms with Crippen LogP contribution in [0.2, 0.25) is 0 Å². The summed E-state index contributed by atoms with van der Waals surface area (Å²) in [7, 11) is 0. The molecule has 0 spiro atoms. The van der Waals surface area contributed by atoms with Gasteiger partial charge in [-0.05, 0) is 44.0 Å². The minimum Gasteiger partial charge on any atom is -0.352 e. The van der Waals surface area contributed by atoms with Crippen molar-refractivity contribution in [2.75, 3.05) is 19.6 Å². The van der Waals surface area contributed by atoms with Crippen molar-refractivity contribution in [3.05, 3.63) is 35.7 Å². The van der Waals surface area contributed by atoms with Gasteiger partial charge < -0.3 is 15.2 Å². The van der Waals surface area contributed by atoms with Gasteiger partial charge in [0.2, 0.25) is 5.82 Å². The van der Waals surface area contributed by atoms with Gasteiger partial charge in [-0.25, -0.2) is 0 Å². The van der Waals surface area contributed by atoms with Crippen molar-refractivity contribution >= 4 is 5.91 Å². The van der Waals surface area contributed by atoms with Crippen LogP contribution in [0.15, 0.2) is 28.8 Å². The summed E-state index contributed by atoms with van der Waals surface area (Å²) >= 11 is 0. The van der Waals surface area contributed by atoms with E-state index in [1.165, 1.54) is 24.3 Å². The number of carbonyl (C=O) groups is 1. The predicted molar refractivity (Wildman–Crippen MR) is 82.7 cm³/mol. The summed E-state index contributed by atoms with van der Waals surface area (Å²) in [5, 5.41) is 9.46. The third-order valence-corrected chi connectivity index (χ3v) is 4.08. The minimum atomic E-state index is -4.68. The molecule has 0 saturated carbocycles. The van der Waals surface area contributed by atoms with Gasteiger partial charge in [-0.1, -0.05) is 17.3 Å². The Morgan fingerprint density at radius 1 is 1.24 bits per heavy atom. The summed E-state index contributed by atoms with van der Waals surface area (Å²) in [6.07, 6.45) is -2.63. The Morgan fingerprint density at radius 2 is 1.92 bits per heavy atom. The zero-order valence-electron chi connectivity index (χ0n) is 13.3. The lowest BCUT2D eigenvalue weighted by molar-refractivity contribution is -0.159. The number of alkyl halides is 3. The molecule has 1 amide bonds. The second kappa shape index (κ2) is 7.22. The van der Waals surface area contributed by atoms with Crippen molar-refractivity contribution < 1.29 is 22.5 Å². The lowest BCUT2D eigenvalue weighted by Gasteiger charge is -2.22. The van der Waals surface area contributed by atoms with Crippen LogP contribution in [-0.2, 0) is 6.18 Å². The standard InChI is InChI=1S/C16H17F3N4O2/c17-16(18,19)15-22-13(23-25-15)11-1-3-12(4-2-11)14(24)21-9-10-5-7-20-8-6-10/h1-4,10,20H,5-9H2,(H,21,24). The van der Waals surface area contributed by atoms with Crippen molar-refractivity contribution in [1.82, 2.24) is 20.8 Å². The normalized spacial score (nSPS) is 16.0. The molecule has 134 valence electrons. The van der Waals surface area contributed by atoms with Crippen LogP contribution in [-0.4, -0.2) is 35.7 Å². The van der Waals surface area contributed by atoms with Crippen molar-refractivity contribution in [1.29, 1.82) is 0 Å². The molecule has 2 aromatic rings. The second-order valence-electron chi connectivity index (χ2n) is 5.90. The molecule has 25 heavy (non-hydrogen) atoms. The maximum absolute atomic E-state index is 12.5. The molecule has 0 unspecified atom stereocenters. The number of amides is 1. The van der Waals surface area contributed by atoms with Crippen LogP contribution in [0.3, 0.4) is 0 Å². The molecule has 1 fully saturated rings. The van der Waals surface area contributed by atoms with E-state index >= 15 is 0 Å². The lowest BCUT2D eigenvalue weighted by atomic mass is 9.98. The number of carbonyl (C=O) groups excluding carboxylic acids is 1. The Balaban J connectivity index is 1.61. The van der Waals surface area contributed by atoms with Crippen molar-refractivity contribution in [3.8, 4) is 11.4 Å². The summed E-state index contributed by atoms with van der Waals surface area (Å²) in [6, 6.07) is 6.03. The van der Waals surface area contributed by atoms with Gasteiger partial charge in [-0.15, -0.1) is 0 Å². The molecular formula is C16H17F3N4O2. The average Bonchev–Trinajstić information content (AvgIpc) is 3.11. The molecule has 2 N–H and O–H groups in total. The van der Waals surface area contributed by atoms with Gasteiger partial charge in [0.05, 0.1) is 0 Å². The van der Waals surface area contributed by atoms with Crippen LogP contribution in [0.5, 0.6) is 0 Å². The fourth-order valence-electron chi connectivity index (χ4n) is 2.65. The molecular weight excluding hydrogens is 337 g/mol. The first-order valence-electron chi connectivity index (χ1n) is 7.94. The minimum absolute atomic E-state index is 0.172. The van der Waals surface area contributed by atoms with E-state index in [0.717, 1.165) is 25.9 Å². The molecule has 1 saturated heterocycles. The van der Waals surface area contributed by atoms with E-state index in [2.05, 4.69) is 25.3 Å². The van der Waals surface area contributed by atoms with E-state index in [-0.39, 0.29) is 11.7 Å². The van der Waals surface area contributed by atoms with E-state index in [1.54, 1.807) is 0 Å². The molecule has 0 bridgehead atoms. The quantitative estimate of drug-likeness (QED) is 0.882. The summed E-state index contributed by atoms with van der Waals surface area (Å²) in [5.74, 6) is -1.32. The molecule has 1 aliphatic heterocycles. The number of nitrogens with one attached hydrogen (secondary N) is 2. The fourth-order valence-corrected chi connectivity index (χ4v) is 2.65. The molecule has 0 radical (unpaired) electrons. The molecule has 0 atom stereocenters. The van der Waals surface area contributed by atoms with Gasteiger partial charge in [0.15, 0.2) is 0 Å². The summed E-state index contributed by atoms with van der Waals surface area (Å²) in [5.41, 5.74) is 0.770. The highest BCUT2D eigenvalue weighted by Gasteiger charge is 2.38. The van der Waals surface area contributed by atoms with Crippen LogP contribution in [0.1, 0.15) is 29.1 Å². The molecule has 2 heterocycles. The highest BCUT2D eigenvalue weighted by Crippen LogP contribution is 2.29. The second-order valence-corrected chi connectivity index (χ2v) is 5.90. The lowest BCUT2D eigenvalue weighted by Crippen LogP contribution is -2.35. The highest BCUT2D eigenvalue weighted by molar-refractivity contribution is 5.94. The third-order valence-electron chi connectivity index (χ3n) is 4.08. The number of rotatable bonds is 4. The van der Waals surface area contributed by atoms with E-state index in [0.29, 0.717) is 23.6 Å². The Labute approximate surface area is 141 Å². The smallest absolute Gasteiger partial charge is 0.352 e. The molecule has 9 heteroatoms. The number of halogens is 3. The van der Waals surface area contributed by atoms with Crippen LogP contribution in [0.4, 0.5) is 13.2 Å². The molecule has 6 nitrogen and oxygen atoms in total. The van der Waals surface area contributed by atoms with Crippen LogP contribution in [0, 0.1) is 5.92 Å². The summed E-state index contributed by atoms with van der Waals surface area (Å²) in [4.78, 5) is 15.5. The third kappa shape index (κ3) is 4.36. The number of piperidine rings is 1. The SMILES string of the molecule is O=C(NCC1CCNCC1)c1ccc(-c2noc(C(F)(F)F)n2)cc1. The number of hydrogen-bond acceptors (Lipinski definition) is 5. The Kier molecular flexibility index (Phi) is 5.03. The number of nitrogens with zero attached hydrogens (tertiary/aromatic N) is 2. The molecule has 1 aromatic carbocycles. The predicted octanol–water partition coefficient (Wildman–Crippen LogP) is 2.48. The zero-order valence-corrected chi connectivity index (χ0v) is 13.3. The molecule has 3 rings (SSSR count). The van der Waals surface area contributed by atoms with E-state index in [9.17, 15) is 18.0 Å². The first-order valence-corrected chi connectivity index (χ1v) is 7.94. The molecule has 0 aliphatic carbocycles. The zero-order chi connectivity index (χ0) is 17.9. The largest absolute Gasteiger partial charge is 0.471 e. The van der Waals surface area contributed by atoms with Gasteiger partial charge in [-0.3, -0.25) is 4.79 Å². The summed E-state index contributed by atoms with van der Waals surface area (Å²) in [6.45, 7) is 2.53. The molecule has 1 aliphatic rings. The Bertz CT molecular complexity index is 722. The van der Waals surface area contributed by atoms with Crippen molar-refractivity contribution in [2.45, 2.75) is 19.0 Å². The van der Waals surface area contributed by atoms with Crippen LogP contribution in [0.25, 0.3) is 11.4 Å².